The molecule has 4 heteroatoms. The van der Waals surface area contributed by atoms with Gasteiger partial charge in [0.05, 0.1) is 0 Å². The molecule has 1 atom stereocenters. The van der Waals surface area contributed by atoms with Crippen molar-refractivity contribution in [2.24, 2.45) is 5.92 Å². The molecule has 0 spiro atoms. The van der Waals surface area contributed by atoms with Crippen molar-refractivity contribution < 1.29 is 13.2 Å². The van der Waals surface area contributed by atoms with Gasteiger partial charge in [-0.15, -0.1) is 0 Å². The Morgan fingerprint density at radius 1 is 1.27 bits per heavy atom. The second kappa shape index (κ2) is 5.73. The Hall–Kier alpha value is -0.250. The fourth-order valence-electron chi connectivity index (χ4n) is 2.23. The molecule has 0 heterocycles. The normalized spacial score (nSPS) is 20.8. The summed E-state index contributed by atoms with van der Waals surface area (Å²) in [5, 5.41) is 2.61. The van der Waals surface area contributed by atoms with Crippen LogP contribution in [0.4, 0.5) is 13.2 Å². The molecule has 0 aliphatic heterocycles. The molecule has 1 fully saturated rings. The molecule has 1 nitrogen and oxygen atoms in total. The van der Waals surface area contributed by atoms with Gasteiger partial charge in [0.25, 0.3) is 0 Å². The lowest BCUT2D eigenvalue weighted by atomic mass is 9.98. The smallest absolute Gasteiger partial charge is 0.306 e. The first-order valence-corrected chi connectivity index (χ1v) is 5.84. The summed E-state index contributed by atoms with van der Waals surface area (Å²) in [6.07, 6.45) is 1.07. The molecular formula is C11H20F3N. The minimum atomic E-state index is -4.09. The Labute approximate surface area is 89.4 Å². The van der Waals surface area contributed by atoms with Crippen LogP contribution in [0.2, 0.25) is 0 Å². The van der Waals surface area contributed by atoms with Crippen molar-refractivity contribution in [3.05, 3.63) is 0 Å². The van der Waals surface area contributed by atoms with Crippen LogP contribution in [0.3, 0.4) is 0 Å². The summed E-state index contributed by atoms with van der Waals surface area (Å²) in [5.41, 5.74) is 0. The van der Waals surface area contributed by atoms with Crippen LogP contribution in [0.5, 0.6) is 0 Å². The topological polar surface area (TPSA) is 12.0 Å². The SMILES string of the molecule is CCCNC(CC1CCCC1)C(F)(F)F. The van der Waals surface area contributed by atoms with E-state index in [1.54, 1.807) is 0 Å². The summed E-state index contributed by atoms with van der Waals surface area (Å²) in [6.45, 7) is 2.34. The van der Waals surface area contributed by atoms with E-state index in [1.165, 1.54) is 0 Å². The van der Waals surface area contributed by atoms with E-state index in [0.29, 0.717) is 6.54 Å². The molecule has 0 aromatic rings. The average molecular weight is 223 g/mol. The molecule has 90 valence electrons. The Bertz CT molecular complexity index is 173. The minimum Gasteiger partial charge on any atom is -0.306 e. The van der Waals surface area contributed by atoms with E-state index in [1.807, 2.05) is 6.92 Å². The monoisotopic (exact) mass is 223 g/mol. The molecule has 1 rings (SSSR count). The maximum absolute atomic E-state index is 12.6. The van der Waals surface area contributed by atoms with Gasteiger partial charge < -0.3 is 5.32 Å². The molecule has 1 unspecified atom stereocenters. The second-order valence-electron chi connectivity index (χ2n) is 4.43. The summed E-state index contributed by atoms with van der Waals surface area (Å²) >= 11 is 0. The van der Waals surface area contributed by atoms with Gasteiger partial charge in [-0.1, -0.05) is 32.6 Å². The molecule has 1 aliphatic carbocycles. The molecule has 0 aromatic heterocycles. The number of halogens is 3. The van der Waals surface area contributed by atoms with Crippen LogP contribution in [-0.4, -0.2) is 18.8 Å². The molecule has 0 radical (unpaired) electrons. The zero-order valence-corrected chi connectivity index (χ0v) is 9.24. The maximum atomic E-state index is 12.6. The third-order valence-electron chi connectivity index (χ3n) is 3.08. The van der Waals surface area contributed by atoms with Crippen LogP contribution >= 0.6 is 0 Å². The zero-order valence-electron chi connectivity index (χ0n) is 9.24. The van der Waals surface area contributed by atoms with E-state index in [-0.39, 0.29) is 12.3 Å². The van der Waals surface area contributed by atoms with Crippen molar-refractivity contribution in [1.29, 1.82) is 0 Å². The summed E-state index contributed by atoms with van der Waals surface area (Å²) in [4.78, 5) is 0. The summed E-state index contributed by atoms with van der Waals surface area (Å²) < 4.78 is 37.9. The Morgan fingerprint density at radius 2 is 1.87 bits per heavy atom. The van der Waals surface area contributed by atoms with Crippen LogP contribution in [-0.2, 0) is 0 Å². The molecule has 15 heavy (non-hydrogen) atoms. The molecule has 1 N–H and O–H groups in total. The van der Waals surface area contributed by atoms with Crippen molar-refractivity contribution in [1.82, 2.24) is 5.32 Å². The molecular weight excluding hydrogens is 203 g/mol. The molecule has 0 saturated heterocycles. The number of nitrogens with one attached hydrogen (secondary N) is 1. The Balaban J connectivity index is 2.40. The first-order chi connectivity index (χ1) is 7.04. The van der Waals surface area contributed by atoms with Gasteiger partial charge in [-0.3, -0.25) is 0 Å². The number of hydrogen-bond acceptors (Lipinski definition) is 1. The van der Waals surface area contributed by atoms with Gasteiger partial charge >= 0.3 is 6.18 Å². The lowest BCUT2D eigenvalue weighted by molar-refractivity contribution is -0.159. The highest BCUT2D eigenvalue weighted by Gasteiger charge is 2.40. The van der Waals surface area contributed by atoms with Gasteiger partial charge in [0.15, 0.2) is 0 Å². The van der Waals surface area contributed by atoms with Crippen LogP contribution in [0, 0.1) is 5.92 Å². The summed E-state index contributed by atoms with van der Waals surface area (Å²) in [7, 11) is 0. The maximum Gasteiger partial charge on any atom is 0.403 e. The molecule has 0 aromatic carbocycles. The third kappa shape index (κ3) is 4.41. The van der Waals surface area contributed by atoms with E-state index in [9.17, 15) is 13.2 Å². The second-order valence-corrected chi connectivity index (χ2v) is 4.43. The average Bonchev–Trinajstić information content (AvgIpc) is 2.62. The van der Waals surface area contributed by atoms with Crippen LogP contribution in [0.1, 0.15) is 45.4 Å². The highest BCUT2D eigenvalue weighted by atomic mass is 19.4. The third-order valence-corrected chi connectivity index (χ3v) is 3.08. The fraction of sp³-hybridized carbons (Fsp3) is 1.00. The highest BCUT2D eigenvalue weighted by Crippen LogP contribution is 2.33. The Morgan fingerprint density at radius 3 is 2.33 bits per heavy atom. The van der Waals surface area contributed by atoms with E-state index < -0.39 is 12.2 Å². The van der Waals surface area contributed by atoms with Crippen molar-refractivity contribution >= 4 is 0 Å². The zero-order chi connectivity index (χ0) is 11.3. The lowest BCUT2D eigenvalue weighted by Crippen LogP contribution is -2.43. The molecule has 0 amide bonds. The van der Waals surface area contributed by atoms with E-state index in [0.717, 1.165) is 32.1 Å². The molecule has 0 bridgehead atoms. The largest absolute Gasteiger partial charge is 0.403 e. The molecule has 1 aliphatic rings. The van der Waals surface area contributed by atoms with Gasteiger partial charge in [0.1, 0.15) is 6.04 Å². The highest BCUT2D eigenvalue weighted by molar-refractivity contribution is 4.80. The summed E-state index contributed by atoms with van der Waals surface area (Å²) in [5.74, 6) is 0.279. The van der Waals surface area contributed by atoms with Gasteiger partial charge in [0, 0.05) is 0 Å². The van der Waals surface area contributed by atoms with E-state index in [4.69, 9.17) is 0 Å². The number of alkyl halides is 3. The van der Waals surface area contributed by atoms with Crippen molar-refractivity contribution in [2.45, 2.75) is 57.7 Å². The van der Waals surface area contributed by atoms with Crippen LogP contribution < -0.4 is 5.32 Å². The predicted molar refractivity (Wildman–Crippen MR) is 54.7 cm³/mol. The fourth-order valence-corrected chi connectivity index (χ4v) is 2.23. The van der Waals surface area contributed by atoms with E-state index >= 15 is 0 Å². The first kappa shape index (κ1) is 12.8. The Kier molecular flexibility index (Phi) is 4.90. The lowest BCUT2D eigenvalue weighted by Gasteiger charge is -2.24. The summed E-state index contributed by atoms with van der Waals surface area (Å²) in [6, 6.07) is -1.29. The standard InChI is InChI=1S/C11H20F3N/c1-2-7-15-10(11(12,13)14)8-9-5-3-4-6-9/h9-10,15H,2-8H2,1H3. The van der Waals surface area contributed by atoms with Crippen molar-refractivity contribution in [3.63, 3.8) is 0 Å². The molecule has 1 saturated carbocycles. The van der Waals surface area contributed by atoms with Gasteiger partial charge in [-0.2, -0.15) is 13.2 Å². The van der Waals surface area contributed by atoms with Crippen molar-refractivity contribution in [3.8, 4) is 0 Å². The van der Waals surface area contributed by atoms with Crippen molar-refractivity contribution in [2.75, 3.05) is 6.54 Å². The van der Waals surface area contributed by atoms with Gasteiger partial charge in [-0.05, 0) is 25.3 Å². The number of hydrogen-bond donors (Lipinski definition) is 1. The van der Waals surface area contributed by atoms with Crippen LogP contribution in [0.25, 0.3) is 0 Å². The minimum absolute atomic E-state index is 0.267. The van der Waals surface area contributed by atoms with Gasteiger partial charge in [0.2, 0.25) is 0 Å². The van der Waals surface area contributed by atoms with Gasteiger partial charge in [-0.25, -0.2) is 0 Å². The van der Waals surface area contributed by atoms with Crippen LogP contribution in [0.15, 0.2) is 0 Å². The first-order valence-electron chi connectivity index (χ1n) is 5.84. The van der Waals surface area contributed by atoms with E-state index in [2.05, 4.69) is 5.32 Å². The quantitative estimate of drug-likeness (QED) is 0.752. The predicted octanol–water partition coefficient (Wildman–Crippen LogP) is 3.50. The number of rotatable bonds is 5.